The lowest BCUT2D eigenvalue weighted by atomic mass is 9.44. The molecule has 4 aliphatic rings. The van der Waals surface area contributed by atoms with Crippen LogP contribution in [0.5, 0.6) is 0 Å². The number of fused-ring (bicyclic) bond motifs is 2. The molecule has 0 aromatic carbocycles. The third kappa shape index (κ3) is 2.08. The molecule has 4 aliphatic carbocycles. The van der Waals surface area contributed by atoms with Crippen LogP contribution in [0.2, 0.25) is 11.6 Å². The van der Waals surface area contributed by atoms with E-state index in [2.05, 4.69) is 48.8 Å². The molecule has 0 aromatic heterocycles. The van der Waals surface area contributed by atoms with Crippen molar-refractivity contribution in [3.63, 3.8) is 0 Å². The van der Waals surface area contributed by atoms with E-state index in [4.69, 9.17) is 0 Å². The van der Waals surface area contributed by atoms with Gasteiger partial charge in [-0.05, 0) is 59.2 Å². The zero-order chi connectivity index (χ0) is 15.2. The highest BCUT2D eigenvalue weighted by atomic mass is 14.7. The molecule has 4 saturated carbocycles. The van der Waals surface area contributed by atoms with E-state index in [1.54, 1.807) is 0 Å². The highest BCUT2D eigenvalue weighted by Gasteiger charge is 2.62. The van der Waals surface area contributed by atoms with Gasteiger partial charge >= 0.3 is 0 Å². The van der Waals surface area contributed by atoms with Crippen LogP contribution in [0.15, 0.2) is 0 Å². The Bertz CT molecular complexity index is 397. The van der Waals surface area contributed by atoms with Gasteiger partial charge in [0.05, 0.1) is 0 Å². The standard InChI is InChI=1S/C20H34B/c1-11-7-13-15(19(13,3)4)9-17(11)21-18-10-16-14(8-12(18)2)20(16,5)6/h11-18H,7-10H2,1-6H3/t11-,12-,13+,14+,15-,16-,17-,18-/m1/s1. The summed E-state index contributed by atoms with van der Waals surface area (Å²) in [5.74, 6) is 7.88. The smallest absolute Gasteiger partial charge is 0.0657 e. The summed E-state index contributed by atoms with van der Waals surface area (Å²) in [7, 11) is 2.85. The molecule has 117 valence electrons. The van der Waals surface area contributed by atoms with Crippen molar-refractivity contribution in [3.8, 4) is 0 Å². The van der Waals surface area contributed by atoms with E-state index in [-0.39, 0.29) is 0 Å². The van der Waals surface area contributed by atoms with Gasteiger partial charge in [0.15, 0.2) is 0 Å². The Morgan fingerprint density at radius 2 is 0.952 bits per heavy atom. The van der Waals surface area contributed by atoms with Crippen LogP contribution in [0.4, 0.5) is 0 Å². The van der Waals surface area contributed by atoms with Gasteiger partial charge in [-0.2, -0.15) is 0 Å². The molecule has 0 aliphatic heterocycles. The topological polar surface area (TPSA) is 0 Å². The lowest BCUT2D eigenvalue weighted by Crippen LogP contribution is -2.27. The van der Waals surface area contributed by atoms with Gasteiger partial charge in [0.1, 0.15) is 7.28 Å². The lowest BCUT2D eigenvalue weighted by Gasteiger charge is -2.35. The van der Waals surface area contributed by atoms with Crippen molar-refractivity contribution >= 4 is 7.28 Å². The maximum absolute atomic E-state index is 2.85. The van der Waals surface area contributed by atoms with Crippen LogP contribution in [0.1, 0.15) is 67.2 Å². The summed E-state index contributed by atoms with van der Waals surface area (Å²) in [6, 6.07) is 0. The Hall–Kier alpha value is 0.0649. The summed E-state index contributed by atoms with van der Waals surface area (Å²) in [4.78, 5) is 0. The summed E-state index contributed by atoms with van der Waals surface area (Å²) in [6.45, 7) is 15.1. The molecule has 4 rings (SSSR count). The summed E-state index contributed by atoms with van der Waals surface area (Å²) in [6.07, 6.45) is 5.99. The molecule has 1 radical (unpaired) electrons. The van der Waals surface area contributed by atoms with Crippen molar-refractivity contribution in [2.75, 3.05) is 0 Å². The van der Waals surface area contributed by atoms with E-state index >= 15 is 0 Å². The molecule has 0 spiro atoms. The Kier molecular flexibility index (Phi) is 3.02. The van der Waals surface area contributed by atoms with Crippen LogP contribution in [0.3, 0.4) is 0 Å². The molecule has 0 amide bonds. The Morgan fingerprint density at radius 3 is 1.33 bits per heavy atom. The maximum atomic E-state index is 2.85. The molecule has 0 bridgehead atoms. The molecule has 0 unspecified atom stereocenters. The fourth-order valence-electron chi connectivity index (χ4n) is 6.64. The molecule has 8 atom stereocenters. The van der Waals surface area contributed by atoms with Crippen LogP contribution in [0.25, 0.3) is 0 Å². The first-order chi connectivity index (χ1) is 9.73. The van der Waals surface area contributed by atoms with Crippen molar-refractivity contribution in [3.05, 3.63) is 0 Å². The van der Waals surface area contributed by atoms with Crippen molar-refractivity contribution in [1.29, 1.82) is 0 Å². The predicted octanol–water partition coefficient (Wildman–Crippen LogP) is 5.67. The van der Waals surface area contributed by atoms with Crippen LogP contribution >= 0.6 is 0 Å². The second-order valence-electron chi connectivity index (χ2n) is 10.5. The average Bonchev–Trinajstić information content (AvgIpc) is 3.13. The first-order valence-electron chi connectivity index (χ1n) is 9.58. The third-order valence-corrected chi connectivity index (χ3v) is 8.84. The molecular formula is C20H34B. The minimum absolute atomic E-state index is 0.665. The Labute approximate surface area is 133 Å². The van der Waals surface area contributed by atoms with Gasteiger partial charge < -0.3 is 0 Å². The number of rotatable bonds is 2. The fourth-order valence-corrected chi connectivity index (χ4v) is 6.64. The van der Waals surface area contributed by atoms with Crippen LogP contribution < -0.4 is 0 Å². The minimum Gasteiger partial charge on any atom is -0.0657 e. The Morgan fingerprint density at radius 1 is 0.619 bits per heavy atom. The van der Waals surface area contributed by atoms with Gasteiger partial charge in [-0.1, -0.05) is 66.0 Å². The summed E-state index contributed by atoms with van der Waals surface area (Å²) in [5, 5.41) is 0. The van der Waals surface area contributed by atoms with Crippen molar-refractivity contribution in [2.24, 2.45) is 46.3 Å². The zero-order valence-corrected chi connectivity index (χ0v) is 15.0. The van der Waals surface area contributed by atoms with Gasteiger partial charge in [-0.15, -0.1) is 0 Å². The molecule has 0 nitrogen and oxygen atoms in total. The fraction of sp³-hybridized carbons (Fsp3) is 1.00. The Balaban J connectivity index is 1.40. The van der Waals surface area contributed by atoms with E-state index in [0.717, 1.165) is 47.1 Å². The summed E-state index contributed by atoms with van der Waals surface area (Å²) >= 11 is 0. The highest BCUT2D eigenvalue weighted by molar-refractivity contribution is 6.40. The minimum atomic E-state index is 0.665. The maximum Gasteiger partial charge on any atom is 0.118 e. The van der Waals surface area contributed by atoms with Crippen LogP contribution in [0, 0.1) is 46.3 Å². The highest BCUT2D eigenvalue weighted by Crippen LogP contribution is 2.70. The number of hydrogen-bond acceptors (Lipinski definition) is 0. The van der Waals surface area contributed by atoms with Gasteiger partial charge in [0.25, 0.3) is 0 Å². The monoisotopic (exact) mass is 285 g/mol. The molecule has 0 heterocycles. The predicted molar refractivity (Wildman–Crippen MR) is 91.6 cm³/mol. The quantitative estimate of drug-likeness (QED) is 0.573. The van der Waals surface area contributed by atoms with Gasteiger partial charge in [0.2, 0.25) is 0 Å². The molecule has 0 N–H and O–H groups in total. The van der Waals surface area contributed by atoms with Gasteiger partial charge in [-0.3, -0.25) is 0 Å². The van der Waals surface area contributed by atoms with Crippen molar-refractivity contribution < 1.29 is 0 Å². The van der Waals surface area contributed by atoms with Crippen molar-refractivity contribution in [2.45, 2.75) is 78.9 Å². The van der Waals surface area contributed by atoms with Crippen LogP contribution in [-0.2, 0) is 0 Å². The van der Waals surface area contributed by atoms with E-state index in [9.17, 15) is 0 Å². The molecule has 21 heavy (non-hydrogen) atoms. The molecule has 0 saturated heterocycles. The molecule has 0 aromatic rings. The SMILES string of the molecule is C[C@@H]1C[C@H]2[C@@H](C[C@H]1[B][C@@H]1C[C@@H]3[C@H](C[C@H]1C)C3(C)C)C2(C)C. The normalized spacial score (nSPS) is 56.1. The van der Waals surface area contributed by atoms with Crippen molar-refractivity contribution in [1.82, 2.24) is 0 Å². The second-order valence-corrected chi connectivity index (χ2v) is 10.5. The average molecular weight is 285 g/mol. The molecule has 4 fully saturated rings. The van der Waals surface area contributed by atoms with E-state index < -0.39 is 0 Å². The van der Waals surface area contributed by atoms with Gasteiger partial charge in [0, 0.05) is 0 Å². The third-order valence-electron chi connectivity index (χ3n) is 8.84. The molecular weight excluding hydrogens is 251 g/mol. The van der Waals surface area contributed by atoms with E-state index in [1.165, 1.54) is 25.7 Å². The zero-order valence-electron chi connectivity index (χ0n) is 15.0. The number of hydrogen-bond donors (Lipinski definition) is 0. The second kappa shape index (κ2) is 4.32. The van der Waals surface area contributed by atoms with Gasteiger partial charge in [-0.25, -0.2) is 0 Å². The lowest BCUT2D eigenvalue weighted by molar-refractivity contribution is 0.337. The summed E-state index contributed by atoms with van der Waals surface area (Å²) in [5.41, 5.74) is 1.33. The van der Waals surface area contributed by atoms with Crippen LogP contribution in [-0.4, -0.2) is 7.28 Å². The largest absolute Gasteiger partial charge is 0.118 e. The van der Waals surface area contributed by atoms with E-state index in [0.29, 0.717) is 10.8 Å². The first kappa shape index (κ1) is 14.6. The van der Waals surface area contributed by atoms with E-state index in [1.807, 2.05) is 0 Å². The summed E-state index contributed by atoms with van der Waals surface area (Å²) < 4.78 is 0. The molecule has 1 heteroatoms. The first-order valence-corrected chi connectivity index (χ1v) is 9.58.